The Morgan fingerprint density at radius 3 is 2.38 bits per heavy atom. The molecule has 0 N–H and O–H groups in total. The van der Waals surface area contributed by atoms with E-state index >= 15 is 0 Å². The van der Waals surface area contributed by atoms with Crippen LogP contribution in [0.1, 0.15) is 25.8 Å². The second-order valence-corrected chi connectivity index (χ2v) is 4.95. The number of nitrogens with zero attached hydrogens (tertiary/aromatic N) is 4. The highest BCUT2D eigenvalue weighted by atomic mass is 35.5. The number of halogens is 1. The third kappa shape index (κ3) is 3.77. The van der Waals surface area contributed by atoms with Gasteiger partial charge in [-0.25, -0.2) is 4.79 Å². The standard InChI is InChI=1S/C13H13ClN4O6/c1-6(19)23-10(11(13(21)22-3)24-7(2)20)12-16-15-9-5-4-8(14)17-18(9)12/h4-5,10-11H,1-3H3/t10-,11-/m1/s1. The van der Waals surface area contributed by atoms with Gasteiger partial charge in [0.2, 0.25) is 12.2 Å². The Morgan fingerprint density at radius 2 is 1.79 bits per heavy atom. The van der Waals surface area contributed by atoms with Gasteiger partial charge in [-0.3, -0.25) is 9.59 Å². The van der Waals surface area contributed by atoms with Gasteiger partial charge in [0.15, 0.2) is 11.5 Å². The van der Waals surface area contributed by atoms with Crippen LogP contribution in [0.15, 0.2) is 12.1 Å². The zero-order chi connectivity index (χ0) is 17.9. The van der Waals surface area contributed by atoms with Gasteiger partial charge in [-0.05, 0) is 12.1 Å². The largest absolute Gasteiger partial charge is 0.466 e. The second kappa shape index (κ2) is 7.21. The molecule has 0 saturated heterocycles. The molecular weight excluding hydrogens is 344 g/mol. The minimum absolute atomic E-state index is 0.0562. The summed E-state index contributed by atoms with van der Waals surface area (Å²) in [6.45, 7) is 2.22. The quantitative estimate of drug-likeness (QED) is 0.556. The third-order valence-electron chi connectivity index (χ3n) is 2.80. The van der Waals surface area contributed by atoms with Crippen molar-refractivity contribution in [1.29, 1.82) is 0 Å². The summed E-state index contributed by atoms with van der Waals surface area (Å²) in [4.78, 5) is 34.7. The maximum absolute atomic E-state index is 12.0. The zero-order valence-corrected chi connectivity index (χ0v) is 13.7. The first-order chi connectivity index (χ1) is 11.3. The Balaban J connectivity index is 2.56. The molecule has 0 amide bonds. The lowest BCUT2D eigenvalue weighted by Crippen LogP contribution is -2.37. The van der Waals surface area contributed by atoms with Crippen molar-refractivity contribution < 1.29 is 28.6 Å². The van der Waals surface area contributed by atoms with Crippen LogP contribution in [-0.4, -0.2) is 50.9 Å². The average molecular weight is 357 g/mol. The zero-order valence-electron chi connectivity index (χ0n) is 12.9. The van der Waals surface area contributed by atoms with Crippen LogP contribution in [0.2, 0.25) is 5.15 Å². The van der Waals surface area contributed by atoms with Gasteiger partial charge >= 0.3 is 17.9 Å². The number of aromatic nitrogens is 4. The van der Waals surface area contributed by atoms with Crippen molar-refractivity contribution in [1.82, 2.24) is 19.8 Å². The van der Waals surface area contributed by atoms with Crippen LogP contribution < -0.4 is 0 Å². The Morgan fingerprint density at radius 1 is 1.12 bits per heavy atom. The van der Waals surface area contributed by atoms with Gasteiger partial charge in [-0.1, -0.05) is 11.6 Å². The number of fused-ring (bicyclic) bond motifs is 1. The fourth-order valence-corrected chi connectivity index (χ4v) is 2.06. The molecule has 0 saturated carbocycles. The summed E-state index contributed by atoms with van der Waals surface area (Å²) in [6.07, 6.45) is -3.00. The Kier molecular flexibility index (Phi) is 5.29. The number of esters is 3. The number of hydrogen-bond acceptors (Lipinski definition) is 9. The van der Waals surface area contributed by atoms with E-state index in [1.807, 2.05) is 0 Å². The molecule has 2 rings (SSSR count). The molecule has 0 aliphatic heterocycles. The first-order valence-corrected chi connectivity index (χ1v) is 7.01. The van der Waals surface area contributed by atoms with E-state index in [4.69, 9.17) is 21.1 Å². The van der Waals surface area contributed by atoms with Crippen LogP contribution in [0.4, 0.5) is 0 Å². The molecule has 24 heavy (non-hydrogen) atoms. The Labute approximate surface area is 140 Å². The minimum atomic E-state index is -1.58. The SMILES string of the molecule is COC(=O)[C@H](OC(C)=O)[C@@H](OC(C)=O)c1nnc2ccc(Cl)nn12. The lowest BCUT2D eigenvalue weighted by Gasteiger charge is -2.22. The van der Waals surface area contributed by atoms with E-state index in [0.29, 0.717) is 0 Å². The highest BCUT2D eigenvalue weighted by Crippen LogP contribution is 2.24. The molecule has 0 aromatic carbocycles. The fraction of sp³-hybridized carbons (Fsp3) is 0.385. The summed E-state index contributed by atoms with van der Waals surface area (Å²) in [5.41, 5.74) is 0.290. The van der Waals surface area contributed by atoms with Crippen molar-refractivity contribution in [3.63, 3.8) is 0 Å². The molecule has 0 bridgehead atoms. The first kappa shape index (κ1) is 17.6. The van der Waals surface area contributed by atoms with Crippen LogP contribution >= 0.6 is 11.6 Å². The molecule has 2 atom stereocenters. The molecule has 0 unspecified atom stereocenters. The number of rotatable bonds is 5. The summed E-state index contributed by atoms with van der Waals surface area (Å²) in [6, 6.07) is 3.01. The third-order valence-corrected chi connectivity index (χ3v) is 3.00. The van der Waals surface area contributed by atoms with E-state index < -0.39 is 30.1 Å². The molecule has 11 heteroatoms. The topological polar surface area (TPSA) is 122 Å². The number of methoxy groups -OCH3 is 1. The lowest BCUT2D eigenvalue weighted by atomic mass is 10.2. The maximum atomic E-state index is 12.0. The van der Waals surface area contributed by atoms with Crippen LogP contribution in [0.5, 0.6) is 0 Å². The normalized spacial score (nSPS) is 13.2. The summed E-state index contributed by atoms with van der Waals surface area (Å²) < 4.78 is 15.8. The first-order valence-electron chi connectivity index (χ1n) is 6.63. The van der Waals surface area contributed by atoms with Gasteiger partial charge in [0.25, 0.3) is 0 Å². The van der Waals surface area contributed by atoms with Gasteiger partial charge in [0.1, 0.15) is 5.15 Å². The van der Waals surface area contributed by atoms with E-state index in [1.54, 1.807) is 0 Å². The lowest BCUT2D eigenvalue weighted by molar-refractivity contribution is -0.180. The molecule has 0 radical (unpaired) electrons. The van der Waals surface area contributed by atoms with Crippen LogP contribution in [-0.2, 0) is 28.6 Å². The Hall–Kier alpha value is -2.75. The van der Waals surface area contributed by atoms with Gasteiger partial charge in [0, 0.05) is 13.8 Å². The molecule has 0 fully saturated rings. The van der Waals surface area contributed by atoms with Gasteiger partial charge < -0.3 is 14.2 Å². The van der Waals surface area contributed by atoms with Crippen LogP contribution in [0.25, 0.3) is 5.65 Å². The number of hydrogen-bond donors (Lipinski definition) is 0. The minimum Gasteiger partial charge on any atom is -0.466 e. The van der Waals surface area contributed by atoms with Crippen molar-refractivity contribution in [3.8, 4) is 0 Å². The van der Waals surface area contributed by atoms with E-state index in [-0.39, 0.29) is 16.6 Å². The Bertz CT molecular complexity index is 792. The highest BCUT2D eigenvalue weighted by Gasteiger charge is 2.39. The summed E-state index contributed by atoms with van der Waals surface area (Å²) in [5, 5.41) is 11.8. The predicted molar refractivity (Wildman–Crippen MR) is 77.9 cm³/mol. The fourth-order valence-electron chi connectivity index (χ4n) is 1.92. The molecule has 0 spiro atoms. The molecule has 128 valence electrons. The predicted octanol–water partition coefficient (Wildman–Crippen LogP) is 0.487. The van der Waals surface area contributed by atoms with E-state index in [0.717, 1.165) is 21.0 Å². The molecule has 2 aromatic rings. The van der Waals surface area contributed by atoms with Crippen LogP contribution in [0, 0.1) is 0 Å². The van der Waals surface area contributed by atoms with Crippen molar-refractivity contribution >= 4 is 35.2 Å². The highest BCUT2D eigenvalue weighted by molar-refractivity contribution is 6.29. The second-order valence-electron chi connectivity index (χ2n) is 4.57. The average Bonchev–Trinajstić information content (AvgIpc) is 2.92. The number of carbonyl (C=O) groups excluding carboxylic acids is 3. The summed E-state index contributed by atoms with van der Waals surface area (Å²) in [7, 11) is 1.10. The maximum Gasteiger partial charge on any atom is 0.351 e. The van der Waals surface area contributed by atoms with Crippen molar-refractivity contribution in [2.45, 2.75) is 26.1 Å². The molecule has 0 aliphatic rings. The van der Waals surface area contributed by atoms with Crippen molar-refractivity contribution in [2.24, 2.45) is 0 Å². The van der Waals surface area contributed by atoms with Gasteiger partial charge in [-0.15, -0.1) is 10.2 Å². The number of carbonyl (C=O) groups is 3. The van der Waals surface area contributed by atoms with E-state index in [1.165, 1.54) is 16.6 Å². The molecule has 0 aliphatic carbocycles. The molecule has 2 heterocycles. The van der Waals surface area contributed by atoms with Crippen LogP contribution in [0.3, 0.4) is 0 Å². The molecule has 2 aromatic heterocycles. The monoisotopic (exact) mass is 356 g/mol. The van der Waals surface area contributed by atoms with Crippen molar-refractivity contribution in [3.05, 3.63) is 23.1 Å². The van der Waals surface area contributed by atoms with Gasteiger partial charge in [0.05, 0.1) is 7.11 Å². The summed E-state index contributed by atoms with van der Waals surface area (Å²) >= 11 is 5.84. The number of ether oxygens (including phenoxy) is 3. The summed E-state index contributed by atoms with van der Waals surface area (Å²) in [5.74, 6) is -2.50. The van der Waals surface area contributed by atoms with Gasteiger partial charge in [-0.2, -0.15) is 9.61 Å². The van der Waals surface area contributed by atoms with E-state index in [9.17, 15) is 14.4 Å². The van der Waals surface area contributed by atoms with Crippen molar-refractivity contribution in [2.75, 3.05) is 7.11 Å². The van der Waals surface area contributed by atoms with E-state index in [2.05, 4.69) is 20.0 Å². The molecular formula is C13H13ClN4O6. The smallest absolute Gasteiger partial charge is 0.351 e. The molecule has 10 nitrogen and oxygen atoms in total.